The van der Waals surface area contributed by atoms with Crippen LogP contribution < -0.4 is 5.32 Å². The van der Waals surface area contributed by atoms with Gasteiger partial charge in [0, 0.05) is 39.0 Å². The SMILES string of the molecule is O=C(NCC1(O)CCOCC1)c1cnc(Cc2ccccc2)s1. The zero-order valence-corrected chi connectivity index (χ0v) is 13.6. The van der Waals surface area contributed by atoms with E-state index in [1.807, 2.05) is 30.3 Å². The number of hydrogen-bond donors (Lipinski definition) is 2. The third-order valence-electron chi connectivity index (χ3n) is 3.98. The van der Waals surface area contributed by atoms with Crippen LogP contribution in [0, 0.1) is 0 Å². The number of thiazole rings is 1. The predicted octanol–water partition coefficient (Wildman–Crippen LogP) is 2.01. The van der Waals surface area contributed by atoms with Gasteiger partial charge in [-0.15, -0.1) is 11.3 Å². The molecule has 1 saturated heterocycles. The Labute approximate surface area is 139 Å². The van der Waals surface area contributed by atoms with Gasteiger partial charge in [-0.3, -0.25) is 4.79 Å². The summed E-state index contributed by atoms with van der Waals surface area (Å²) < 4.78 is 5.24. The van der Waals surface area contributed by atoms with Gasteiger partial charge >= 0.3 is 0 Å². The number of ether oxygens (including phenoxy) is 1. The molecule has 0 aliphatic carbocycles. The minimum atomic E-state index is -0.856. The molecule has 1 aromatic heterocycles. The van der Waals surface area contributed by atoms with Gasteiger partial charge in [0.25, 0.3) is 5.91 Å². The summed E-state index contributed by atoms with van der Waals surface area (Å²) in [5.74, 6) is -0.179. The molecule has 0 unspecified atom stereocenters. The van der Waals surface area contributed by atoms with E-state index in [0.717, 1.165) is 11.4 Å². The first-order valence-corrected chi connectivity index (χ1v) is 8.53. The Balaban J connectivity index is 1.56. The van der Waals surface area contributed by atoms with Crippen molar-refractivity contribution in [2.24, 2.45) is 0 Å². The second-order valence-electron chi connectivity index (χ2n) is 5.80. The van der Waals surface area contributed by atoms with Gasteiger partial charge in [-0.25, -0.2) is 4.98 Å². The van der Waals surface area contributed by atoms with Crippen LogP contribution in [0.4, 0.5) is 0 Å². The minimum Gasteiger partial charge on any atom is -0.388 e. The molecule has 2 N–H and O–H groups in total. The Hall–Kier alpha value is -1.76. The van der Waals surface area contributed by atoms with Crippen molar-refractivity contribution < 1.29 is 14.6 Å². The van der Waals surface area contributed by atoms with Gasteiger partial charge in [-0.05, 0) is 5.56 Å². The van der Waals surface area contributed by atoms with E-state index in [0.29, 0.717) is 30.9 Å². The van der Waals surface area contributed by atoms with Crippen LogP contribution in [0.25, 0.3) is 0 Å². The Morgan fingerprint density at radius 3 is 2.78 bits per heavy atom. The van der Waals surface area contributed by atoms with Gasteiger partial charge in [-0.2, -0.15) is 0 Å². The number of nitrogens with one attached hydrogen (secondary N) is 1. The molecule has 2 aromatic rings. The molecule has 0 saturated carbocycles. The fraction of sp³-hybridized carbons (Fsp3) is 0.412. The average Bonchev–Trinajstić information content (AvgIpc) is 3.03. The monoisotopic (exact) mass is 332 g/mol. The number of carbonyl (C=O) groups is 1. The zero-order valence-electron chi connectivity index (χ0n) is 12.8. The first-order valence-electron chi connectivity index (χ1n) is 7.72. The molecule has 2 heterocycles. The lowest BCUT2D eigenvalue weighted by molar-refractivity contribution is -0.0605. The van der Waals surface area contributed by atoms with Crippen molar-refractivity contribution in [1.82, 2.24) is 10.3 Å². The third kappa shape index (κ3) is 4.37. The molecule has 0 atom stereocenters. The van der Waals surface area contributed by atoms with Gasteiger partial charge in [-0.1, -0.05) is 30.3 Å². The molecule has 1 aliphatic rings. The zero-order chi connectivity index (χ0) is 16.1. The maximum atomic E-state index is 12.2. The lowest BCUT2D eigenvalue weighted by atomic mass is 9.94. The topological polar surface area (TPSA) is 71.5 Å². The number of benzene rings is 1. The van der Waals surface area contributed by atoms with Crippen LogP contribution in [0.15, 0.2) is 36.5 Å². The molecule has 1 aliphatic heterocycles. The summed E-state index contributed by atoms with van der Waals surface area (Å²) in [7, 11) is 0. The smallest absolute Gasteiger partial charge is 0.263 e. The van der Waals surface area contributed by atoms with Crippen molar-refractivity contribution in [3.63, 3.8) is 0 Å². The molecule has 0 bridgehead atoms. The summed E-state index contributed by atoms with van der Waals surface area (Å²) in [6.07, 6.45) is 3.43. The highest BCUT2D eigenvalue weighted by atomic mass is 32.1. The quantitative estimate of drug-likeness (QED) is 0.878. The highest BCUT2D eigenvalue weighted by Gasteiger charge is 2.30. The Kier molecular flexibility index (Phi) is 5.05. The Morgan fingerprint density at radius 1 is 1.30 bits per heavy atom. The molecule has 6 heteroatoms. The van der Waals surface area contributed by atoms with Crippen molar-refractivity contribution in [2.75, 3.05) is 19.8 Å². The largest absolute Gasteiger partial charge is 0.388 e. The summed E-state index contributed by atoms with van der Waals surface area (Å²) in [5.41, 5.74) is 0.316. The second kappa shape index (κ2) is 7.21. The van der Waals surface area contributed by atoms with E-state index in [2.05, 4.69) is 10.3 Å². The average molecular weight is 332 g/mol. The fourth-order valence-electron chi connectivity index (χ4n) is 2.53. The number of nitrogens with zero attached hydrogens (tertiary/aromatic N) is 1. The molecule has 1 fully saturated rings. The van der Waals surface area contributed by atoms with Gasteiger partial charge in [0.15, 0.2) is 0 Å². The highest BCUT2D eigenvalue weighted by molar-refractivity contribution is 7.13. The molecule has 3 rings (SSSR count). The Bertz CT molecular complexity index is 651. The number of aliphatic hydroxyl groups is 1. The molecule has 5 nitrogen and oxygen atoms in total. The van der Waals surface area contributed by atoms with Crippen LogP contribution in [-0.2, 0) is 11.2 Å². The van der Waals surface area contributed by atoms with Crippen molar-refractivity contribution in [1.29, 1.82) is 0 Å². The predicted molar refractivity (Wildman–Crippen MR) is 88.7 cm³/mol. The van der Waals surface area contributed by atoms with Crippen molar-refractivity contribution in [3.05, 3.63) is 52.0 Å². The summed E-state index contributed by atoms with van der Waals surface area (Å²) in [4.78, 5) is 17.1. The maximum absolute atomic E-state index is 12.2. The van der Waals surface area contributed by atoms with Crippen molar-refractivity contribution >= 4 is 17.2 Å². The van der Waals surface area contributed by atoms with E-state index < -0.39 is 5.60 Å². The summed E-state index contributed by atoms with van der Waals surface area (Å²) in [6.45, 7) is 1.32. The second-order valence-corrected chi connectivity index (χ2v) is 6.92. The highest BCUT2D eigenvalue weighted by Crippen LogP contribution is 2.20. The lowest BCUT2D eigenvalue weighted by Gasteiger charge is -2.31. The summed E-state index contributed by atoms with van der Waals surface area (Å²) in [5, 5.41) is 14.1. The molecule has 1 amide bonds. The number of amides is 1. The van der Waals surface area contributed by atoms with Crippen LogP contribution in [-0.4, -0.2) is 41.4 Å². The van der Waals surface area contributed by atoms with Crippen LogP contribution in [0.2, 0.25) is 0 Å². The maximum Gasteiger partial charge on any atom is 0.263 e. The van der Waals surface area contributed by atoms with E-state index in [-0.39, 0.29) is 12.5 Å². The number of hydrogen-bond acceptors (Lipinski definition) is 5. The molecule has 122 valence electrons. The first-order chi connectivity index (χ1) is 11.1. The van der Waals surface area contributed by atoms with Gasteiger partial charge in [0.1, 0.15) is 4.88 Å². The van der Waals surface area contributed by atoms with E-state index in [9.17, 15) is 9.90 Å². The molecular weight excluding hydrogens is 312 g/mol. The lowest BCUT2D eigenvalue weighted by Crippen LogP contribution is -2.46. The normalized spacial score (nSPS) is 16.9. The van der Waals surface area contributed by atoms with E-state index >= 15 is 0 Å². The first kappa shape index (κ1) is 16.1. The van der Waals surface area contributed by atoms with Crippen molar-refractivity contribution in [3.8, 4) is 0 Å². The minimum absolute atomic E-state index is 0.179. The number of rotatable bonds is 5. The van der Waals surface area contributed by atoms with Gasteiger partial charge < -0.3 is 15.2 Å². The molecule has 0 spiro atoms. The van der Waals surface area contributed by atoms with Crippen LogP contribution >= 0.6 is 11.3 Å². The fourth-order valence-corrected chi connectivity index (χ4v) is 3.40. The van der Waals surface area contributed by atoms with Crippen LogP contribution in [0.1, 0.15) is 33.1 Å². The molecular formula is C17H20N2O3S. The van der Waals surface area contributed by atoms with E-state index in [1.54, 1.807) is 6.20 Å². The standard InChI is InChI=1S/C17H20N2O3S/c20-16(19-12-17(21)6-8-22-9-7-17)14-11-18-15(23-14)10-13-4-2-1-3-5-13/h1-5,11,21H,6-10,12H2,(H,19,20). The Morgan fingerprint density at radius 2 is 2.04 bits per heavy atom. The van der Waals surface area contributed by atoms with Gasteiger partial charge in [0.05, 0.1) is 16.8 Å². The third-order valence-corrected chi connectivity index (χ3v) is 4.97. The van der Waals surface area contributed by atoms with Crippen LogP contribution in [0.5, 0.6) is 0 Å². The number of aromatic nitrogens is 1. The van der Waals surface area contributed by atoms with Crippen molar-refractivity contribution in [2.45, 2.75) is 24.9 Å². The van der Waals surface area contributed by atoms with Crippen LogP contribution in [0.3, 0.4) is 0 Å². The van der Waals surface area contributed by atoms with E-state index in [1.165, 1.54) is 16.9 Å². The molecule has 0 radical (unpaired) electrons. The summed E-state index contributed by atoms with van der Waals surface area (Å²) in [6, 6.07) is 10.0. The van der Waals surface area contributed by atoms with Gasteiger partial charge in [0.2, 0.25) is 0 Å². The van der Waals surface area contributed by atoms with E-state index in [4.69, 9.17) is 4.74 Å². The number of carbonyl (C=O) groups excluding carboxylic acids is 1. The molecule has 1 aromatic carbocycles. The summed E-state index contributed by atoms with van der Waals surface area (Å²) >= 11 is 1.39. The molecule has 23 heavy (non-hydrogen) atoms.